The van der Waals surface area contributed by atoms with Gasteiger partial charge < -0.3 is 9.80 Å². The number of anilines is 1. The van der Waals surface area contributed by atoms with E-state index in [1.54, 1.807) is 11.1 Å². The highest BCUT2D eigenvalue weighted by molar-refractivity contribution is 8.00. The molecule has 1 aliphatic rings. The van der Waals surface area contributed by atoms with Crippen LogP contribution in [0.1, 0.15) is 10.4 Å². The molecule has 0 unspecified atom stereocenters. The number of piperazine rings is 1. The van der Waals surface area contributed by atoms with Gasteiger partial charge in [0.2, 0.25) is 0 Å². The zero-order valence-electron chi connectivity index (χ0n) is 13.2. The minimum atomic E-state index is -4.33. The average molecular weight is 367 g/mol. The number of thioether (sulfide) groups is 1. The second-order valence-corrected chi connectivity index (χ2v) is 6.68. The molecule has 1 aliphatic heterocycles. The van der Waals surface area contributed by atoms with E-state index in [0.29, 0.717) is 31.7 Å². The van der Waals surface area contributed by atoms with Crippen LogP contribution in [0.3, 0.4) is 0 Å². The first-order chi connectivity index (χ1) is 11.9. The number of alkyl halides is 3. The van der Waals surface area contributed by atoms with Gasteiger partial charge in [-0.15, -0.1) is 0 Å². The monoisotopic (exact) mass is 367 g/mol. The maximum Gasteiger partial charge on any atom is 0.446 e. The standard InChI is InChI=1S/C17H16F3N3OS/c18-17(19,20)25-14-6-4-13(5-7-14)16(24)23-11-9-22(10-12-23)15-3-1-2-8-21-15/h1-8H,9-12H2. The van der Waals surface area contributed by atoms with Gasteiger partial charge in [0, 0.05) is 42.8 Å². The molecule has 0 radical (unpaired) electrons. The fraction of sp³-hybridized carbons (Fsp3) is 0.294. The fourth-order valence-electron chi connectivity index (χ4n) is 2.66. The Morgan fingerprint density at radius 1 is 1.00 bits per heavy atom. The Hall–Kier alpha value is -2.22. The molecule has 132 valence electrons. The third-order valence-corrected chi connectivity index (χ3v) is 4.61. The van der Waals surface area contributed by atoms with Crippen molar-refractivity contribution in [3.05, 3.63) is 54.2 Å². The molecule has 2 heterocycles. The van der Waals surface area contributed by atoms with Gasteiger partial charge in [0.05, 0.1) is 0 Å². The lowest BCUT2D eigenvalue weighted by molar-refractivity contribution is -0.0328. The van der Waals surface area contributed by atoms with Gasteiger partial charge in [-0.05, 0) is 48.2 Å². The van der Waals surface area contributed by atoms with Gasteiger partial charge in [-0.25, -0.2) is 4.98 Å². The second-order valence-electron chi connectivity index (χ2n) is 5.54. The summed E-state index contributed by atoms with van der Waals surface area (Å²) < 4.78 is 37.0. The number of carbonyl (C=O) groups is 1. The predicted molar refractivity (Wildman–Crippen MR) is 90.7 cm³/mol. The van der Waals surface area contributed by atoms with Gasteiger partial charge >= 0.3 is 5.51 Å². The molecule has 1 amide bonds. The third kappa shape index (κ3) is 4.66. The molecule has 2 aromatic rings. The molecule has 1 saturated heterocycles. The van der Waals surface area contributed by atoms with Crippen molar-refractivity contribution in [3.8, 4) is 0 Å². The Morgan fingerprint density at radius 3 is 2.24 bits per heavy atom. The van der Waals surface area contributed by atoms with Gasteiger partial charge in [0.15, 0.2) is 0 Å². The Morgan fingerprint density at radius 2 is 1.68 bits per heavy atom. The van der Waals surface area contributed by atoms with Gasteiger partial charge in [-0.1, -0.05) is 6.07 Å². The summed E-state index contributed by atoms with van der Waals surface area (Å²) in [4.78, 5) is 20.7. The Bertz CT molecular complexity index is 714. The van der Waals surface area contributed by atoms with Crippen molar-refractivity contribution < 1.29 is 18.0 Å². The molecule has 25 heavy (non-hydrogen) atoms. The number of pyridine rings is 1. The molecular weight excluding hydrogens is 351 g/mol. The number of carbonyl (C=O) groups excluding carboxylic acids is 1. The fourth-order valence-corrected chi connectivity index (χ4v) is 3.20. The minimum Gasteiger partial charge on any atom is -0.353 e. The predicted octanol–water partition coefficient (Wildman–Crippen LogP) is 3.66. The largest absolute Gasteiger partial charge is 0.446 e. The zero-order valence-corrected chi connectivity index (χ0v) is 14.1. The van der Waals surface area contributed by atoms with Gasteiger partial charge in [-0.3, -0.25) is 4.79 Å². The Kier molecular flexibility index (Phi) is 5.17. The molecule has 0 spiro atoms. The van der Waals surface area contributed by atoms with Crippen molar-refractivity contribution in [2.75, 3.05) is 31.1 Å². The van der Waals surface area contributed by atoms with Crippen molar-refractivity contribution in [2.24, 2.45) is 0 Å². The van der Waals surface area contributed by atoms with E-state index >= 15 is 0 Å². The molecule has 1 aromatic carbocycles. The van der Waals surface area contributed by atoms with Gasteiger partial charge in [-0.2, -0.15) is 13.2 Å². The summed E-state index contributed by atoms with van der Waals surface area (Å²) in [6.45, 7) is 2.44. The molecule has 1 fully saturated rings. The number of nitrogens with zero attached hydrogens (tertiary/aromatic N) is 3. The number of rotatable bonds is 3. The highest BCUT2D eigenvalue weighted by atomic mass is 32.2. The zero-order chi connectivity index (χ0) is 17.9. The molecule has 1 aromatic heterocycles. The molecule has 0 atom stereocenters. The number of hydrogen-bond donors (Lipinski definition) is 0. The van der Waals surface area contributed by atoms with Crippen LogP contribution in [0, 0.1) is 0 Å². The summed E-state index contributed by atoms with van der Waals surface area (Å²) in [5.41, 5.74) is -3.93. The van der Waals surface area contributed by atoms with Gasteiger partial charge in [0.25, 0.3) is 5.91 Å². The second kappa shape index (κ2) is 7.35. The van der Waals surface area contributed by atoms with Gasteiger partial charge in [0.1, 0.15) is 5.82 Å². The lowest BCUT2D eigenvalue weighted by Gasteiger charge is -2.35. The number of amides is 1. The van der Waals surface area contributed by atoms with Crippen molar-refractivity contribution in [2.45, 2.75) is 10.4 Å². The van der Waals surface area contributed by atoms with E-state index < -0.39 is 5.51 Å². The number of hydrogen-bond acceptors (Lipinski definition) is 4. The topological polar surface area (TPSA) is 36.4 Å². The maximum absolute atomic E-state index is 12.5. The van der Waals surface area contributed by atoms with Crippen molar-refractivity contribution in [3.63, 3.8) is 0 Å². The molecule has 0 saturated carbocycles. The average Bonchev–Trinajstić information content (AvgIpc) is 2.61. The molecule has 3 rings (SSSR count). The van der Waals surface area contributed by atoms with Crippen molar-refractivity contribution in [1.29, 1.82) is 0 Å². The first kappa shape index (κ1) is 17.6. The SMILES string of the molecule is O=C(c1ccc(SC(F)(F)F)cc1)N1CCN(c2ccccn2)CC1. The van der Waals surface area contributed by atoms with E-state index in [1.165, 1.54) is 24.3 Å². The van der Waals surface area contributed by atoms with E-state index in [4.69, 9.17) is 0 Å². The normalized spacial score (nSPS) is 15.3. The molecular formula is C17H16F3N3OS. The lowest BCUT2D eigenvalue weighted by Crippen LogP contribution is -2.49. The first-order valence-electron chi connectivity index (χ1n) is 7.73. The van der Waals surface area contributed by atoms with Crippen LogP contribution in [0.25, 0.3) is 0 Å². The molecule has 0 N–H and O–H groups in total. The van der Waals surface area contributed by atoms with Crippen LogP contribution in [0.2, 0.25) is 0 Å². The molecule has 4 nitrogen and oxygen atoms in total. The lowest BCUT2D eigenvalue weighted by atomic mass is 10.2. The highest BCUT2D eigenvalue weighted by Gasteiger charge is 2.29. The number of aromatic nitrogens is 1. The van der Waals surface area contributed by atoms with E-state index in [0.717, 1.165) is 5.82 Å². The summed E-state index contributed by atoms with van der Waals surface area (Å²) in [5.74, 6) is 0.715. The van der Waals surface area contributed by atoms with Crippen molar-refractivity contribution >= 4 is 23.5 Å². The minimum absolute atomic E-state index is 0.0732. The van der Waals surface area contributed by atoms with Crippen LogP contribution < -0.4 is 4.90 Å². The van der Waals surface area contributed by atoms with E-state index in [2.05, 4.69) is 9.88 Å². The van der Waals surface area contributed by atoms with Crippen LogP contribution in [-0.4, -0.2) is 47.5 Å². The van der Waals surface area contributed by atoms with Crippen molar-refractivity contribution in [1.82, 2.24) is 9.88 Å². The summed E-state index contributed by atoms with van der Waals surface area (Å²) in [5, 5.41) is 0. The molecule has 0 bridgehead atoms. The number of benzene rings is 1. The Labute approximate surface area is 147 Å². The quantitative estimate of drug-likeness (QED) is 0.776. The highest BCUT2D eigenvalue weighted by Crippen LogP contribution is 2.36. The smallest absolute Gasteiger partial charge is 0.353 e. The first-order valence-corrected chi connectivity index (χ1v) is 8.55. The van der Waals surface area contributed by atoms with Crippen LogP contribution >= 0.6 is 11.8 Å². The van der Waals surface area contributed by atoms with E-state index in [-0.39, 0.29) is 22.6 Å². The third-order valence-electron chi connectivity index (χ3n) is 3.88. The molecule has 0 aliphatic carbocycles. The number of halogens is 3. The van der Waals surface area contributed by atoms with E-state index in [1.807, 2.05) is 18.2 Å². The maximum atomic E-state index is 12.5. The van der Waals surface area contributed by atoms with Crippen LogP contribution in [0.4, 0.5) is 19.0 Å². The molecule has 8 heteroatoms. The summed E-state index contributed by atoms with van der Waals surface area (Å²) >= 11 is -0.184. The summed E-state index contributed by atoms with van der Waals surface area (Å²) in [6, 6.07) is 11.2. The van der Waals surface area contributed by atoms with Crippen LogP contribution in [0.5, 0.6) is 0 Å². The summed E-state index contributed by atoms with van der Waals surface area (Å²) in [6.07, 6.45) is 1.73. The summed E-state index contributed by atoms with van der Waals surface area (Å²) in [7, 11) is 0. The van der Waals surface area contributed by atoms with Crippen LogP contribution in [-0.2, 0) is 0 Å². The van der Waals surface area contributed by atoms with E-state index in [9.17, 15) is 18.0 Å². The Balaban J connectivity index is 1.59. The van der Waals surface area contributed by atoms with Crippen LogP contribution in [0.15, 0.2) is 53.6 Å².